The SMILES string of the molecule is O=C(O)Cc1cnc(CC2CCS(=O)(=O)C2)o1. The zero-order chi connectivity index (χ0) is 12.5. The van der Waals surface area contributed by atoms with Crippen LogP contribution in [0, 0.1) is 5.92 Å². The van der Waals surface area contributed by atoms with Crippen LogP contribution in [-0.2, 0) is 27.5 Å². The fraction of sp³-hybridized carbons (Fsp3) is 0.600. The first-order valence-electron chi connectivity index (χ1n) is 5.30. The number of hydrogen-bond donors (Lipinski definition) is 1. The number of hydrogen-bond acceptors (Lipinski definition) is 5. The molecule has 0 aromatic carbocycles. The normalized spacial score (nSPS) is 22.7. The van der Waals surface area contributed by atoms with Crippen LogP contribution in [0.1, 0.15) is 18.1 Å². The van der Waals surface area contributed by atoms with E-state index in [1.165, 1.54) is 6.20 Å². The summed E-state index contributed by atoms with van der Waals surface area (Å²) in [4.78, 5) is 14.4. The van der Waals surface area contributed by atoms with E-state index < -0.39 is 15.8 Å². The van der Waals surface area contributed by atoms with Crippen molar-refractivity contribution >= 4 is 15.8 Å². The second-order valence-corrected chi connectivity index (χ2v) is 6.49. The first-order chi connectivity index (χ1) is 7.94. The van der Waals surface area contributed by atoms with Crippen LogP contribution in [-0.4, -0.2) is 36.0 Å². The molecule has 1 aliphatic rings. The number of rotatable bonds is 4. The molecule has 2 heterocycles. The number of aromatic nitrogens is 1. The highest BCUT2D eigenvalue weighted by Gasteiger charge is 2.29. The van der Waals surface area contributed by atoms with Gasteiger partial charge in [0.1, 0.15) is 12.2 Å². The predicted octanol–water partition coefficient (Wildman–Crippen LogP) is 0.279. The lowest BCUT2D eigenvalue weighted by Gasteiger charge is -2.02. The highest BCUT2D eigenvalue weighted by molar-refractivity contribution is 7.91. The van der Waals surface area contributed by atoms with Gasteiger partial charge in [-0.25, -0.2) is 13.4 Å². The molecule has 2 rings (SSSR count). The zero-order valence-electron chi connectivity index (χ0n) is 9.13. The van der Waals surface area contributed by atoms with E-state index in [-0.39, 0.29) is 23.8 Å². The molecule has 0 aliphatic carbocycles. The summed E-state index contributed by atoms with van der Waals surface area (Å²) in [5.41, 5.74) is 0. The van der Waals surface area contributed by atoms with Crippen molar-refractivity contribution in [3.8, 4) is 0 Å². The molecule has 1 saturated heterocycles. The van der Waals surface area contributed by atoms with E-state index in [1.54, 1.807) is 0 Å². The molecule has 0 amide bonds. The first-order valence-corrected chi connectivity index (χ1v) is 7.12. The third-order valence-electron chi connectivity index (χ3n) is 2.72. The molecular formula is C10H13NO5S. The molecule has 0 saturated carbocycles. The van der Waals surface area contributed by atoms with Gasteiger partial charge in [-0.2, -0.15) is 0 Å². The minimum absolute atomic E-state index is 0.0383. The second-order valence-electron chi connectivity index (χ2n) is 4.26. The molecule has 1 fully saturated rings. The molecule has 1 aromatic rings. The molecule has 1 aliphatic heterocycles. The van der Waals surface area contributed by atoms with Gasteiger partial charge in [-0.05, 0) is 12.3 Å². The lowest BCUT2D eigenvalue weighted by Crippen LogP contribution is -2.07. The topological polar surface area (TPSA) is 97.5 Å². The van der Waals surface area contributed by atoms with Crippen LogP contribution in [0.15, 0.2) is 10.6 Å². The molecule has 17 heavy (non-hydrogen) atoms. The zero-order valence-corrected chi connectivity index (χ0v) is 9.94. The first kappa shape index (κ1) is 12.1. The average molecular weight is 259 g/mol. The van der Waals surface area contributed by atoms with Crippen molar-refractivity contribution in [2.75, 3.05) is 11.5 Å². The van der Waals surface area contributed by atoms with Crippen molar-refractivity contribution in [3.05, 3.63) is 17.8 Å². The van der Waals surface area contributed by atoms with Gasteiger partial charge in [0.2, 0.25) is 0 Å². The Morgan fingerprint density at radius 3 is 2.94 bits per heavy atom. The van der Waals surface area contributed by atoms with E-state index in [9.17, 15) is 13.2 Å². The number of oxazole rings is 1. The van der Waals surface area contributed by atoms with Crippen molar-refractivity contribution in [3.63, 3.8) is 0 Å². The van der Waals surface area contributed by atoms with E-state index in [2.05, 4.69) is 4.98 Å². The smallest absolute Gasteiger partial charge is 0.311 e. The van der Waals surface area contributed by atoms with Crippen molar-refractivity contribution in [2.45, 2.75) is 19.3 Å². The lowest BCUT2D eigenvalue weighted by molar-refractivity contribution is -0.136. The van der Waals surface area contributed by atoms with Crippen molar-refractivity contribution in [2.24, 2.45) is 5.92 Å². The van der Waals surface area contributed by atoms with Crippen LogP contribution >= 0.6 is 0 Å². The summed E-state index contributed by atoms with van der Waals surface area (Å²) in [5, 5.41) is 8.56. The number of nitrogens with zero attached hydrogens (tertiary/aromatic N) is 1. The van der Waals surface area contributed by atoms with E-state index in [0.29, 0.717) is 24.5 Å². The summed E-state index contributed by atoms with van der Waals surface area (Å²) in [7, 11) is -2.89. The van der Waals surface area contributed by atoms with E-state index in [4.69, 9.17) is 9.52 Å². The summed E-state index contributed by atoms with van der Waals surface area (Å²) < 4.78 is 27.7. The van der Waals surface area contributed by atoms with Gasteiger partial charge in [-0.1, -0.05) is 0 Å². The average Bonchev–Trinajstić information content (AvgIpc) is 2.73. The van der Waals surface area contributed by atoms with Crippen molar-refractivity contribution in [1.82, 2.24) is 4.98 Å². The van der Waals surface area contributed by atoms with Crippen LogP contribution in [0.2, 0.25) is 0 Å². The van der Waals surface area contributed by atoms with Crippen molar-refractivity contribution < 1.29 is 22.7 Å². The number of carboxylic acid groups (broad SMARTS) is 1. The maximum absolute atomic E-state index is 11.3. The molecule has 0 radical (unpaired) electrons. The summed E-state index contributed by atoms with van der Waals surface area (Å²) in [5.74, 6) is 0.175. The minimum atomic E-state index is -2.89. The Balaban J connectivity index is 1.96. The Morgan fingerprint density at radius 2 is 2.35 bits per heavy atom. The molecule has 1 atom stereocenters. The van der Waals surface area contributed by atoms with Gasteiger partial charge in [-0.15, -0.1) is 0 Å². The molecule has 94 valence electrons. The summed E-state index contributed by atoms with van der Waals surface area (Å²) >= 11 is 0. The Labute approximate surface area is 98.6 Å². The molecule has 0 bridgehead atoms. The van der Waals surface area contributed by atoms with Crippen LogP contribution < -0.4 is 0 Å². The monoisotopic (exact) mass is 259 g/mol. The molecule has 7 heteroatoms. The van der Waals surface area contributed by atoms with Crippen LogP contribution in [0.25, 0.3) is 0 Å². The van der Waals surface area contributed by atoms with Gasteiger partial charge in [0.25, 0.3) is 0 Å². The highest BCUT2D eigenvalue weighted by Crippen LogP contribution is 2.22. The van der Waals surface area contributed by atoms with Gasteiger partial charge < -0.3 is 9.52 Å². The van der Waals surface area contributed by atoms with Crippen LogP contribution in [0.3, 0.4) is 0 Å². The summed E-state index contributed by atoms with van der Waals surface area (Å²) in [6.07, 6.45) is 2.26. The standard InChI is InChI=1S/C10H13NO5S/c12-10(13)4-8-5-11-9(16-8)3-7-1-2-17(14,15)6-7/h5,7H,1-4,6H2,(H,12,13). The Hall–Kier alpha value is -1.37. The van der Waals surface area contributed by atoms with Gasteiger partial charge in [0, 0.05) is 6.42 Å². The van der Waals surface area contributed by atoms with E-state index >= 15 is 0 Å². The number of sulfone groups is 1. The van der Waals surface area contributed by atoms with Gasteiger partial charge in [0.05, 0.1) is 17.7 Å². The predicted molar refractivity (Wildman–Crippen MR) is 58.3 cm³/mol. The molecule has 6 nitrogen and oxygen atoms in total. The van der Waals surface area contributed by atoms with Crippen LogP contribution in [0.5, 0.6) is 0 Å². The van der Waals surface area contributed by atoms with Crippen LogP contribution in [0.4, 0.5) is 0 Å². The largest absolute Gasteiger partial charge is 0.481 e. The lowest BCUT2D eigenvalue weighted by atomic mass is 10.1. The fourth-order valence-corrected chi connectivity index (χ4v) is 3.81. The fourth-order valence-electron chi connectivity index (χ4n) is 1.95. The second kappa shape index (κ2) is 4.48. The quantitative estimate of drug-likeness (QED) is 0.834. The number of carboxylic acids is 1. The molecule has 1 unspecified atom stereocenters. The minimum Gasteiger partial charge on any atom is -0.481 e. The van der Waals surface area contributed by atoms with E-state index in [0.717, 1.165) is 0 Å². The Morgan fingerprint density at radius 1 is 1.59 bits per heavy atom. The molecule has 1 N–H and O–H groups in total. The molecule has 0 spiro atoms. The Bertz CT molecular complexity index is 519. The maximum Gasteiger partial charge on any atom is 0.311 e. The van der Waals surface area contributed by atoms with Gasteiger partial charge >= 0.3 is 5.97 Å². The number of carbonyl (C=O) groups is 1. The number of aliphatic carboxylic acids is 1. The van der Waals surface area contributed by atoms with Gasteiger partial charge in [0.15, 0.2) is 15.7 Å². The van der Waals surface area contributed by atoms with Crippen molar-refractivity contribution in [1.29, 1.82) is 0 Å². The summed E-state index contributed by atoms with van der Waals surface area (Å²) in [6.45, 7) is 0. The molecule has 1 aromatic heterocycles. The maximum atomic E-state index is 11.3. The highest BCUT2D eigenvalue weighted by atomic mass is 32.2. The Kier molecular flexibility index (Phi) is 3.19. The summed E-state index contributed by atoms with van der Waals surface area (Å²) in [6, 6.07) is 0. The van der Waals surface area contributed by atoms with Gasteiger partial charge in [-0.3, -0.25) is 4.79 Å². The van der Waals surface area contributed by atoms with E-state index in [1.807, 2.05) is 0 Å². The third-order valence-corrected chi connectivity index (χ3v) is 4.55. The third kappa shape index (κ3) is 3.29. The molecular weight excluding hydrogens is 246 g/mol.